The molecule has 5 aromatic rings. The van der Waals surface area contributed by atoms with Gasteiger partial charge in [-0.05, 0) is 92.7 Å². The number of ketones is 3. The summed E-state index contributed by atoms with van der Waals surface area (Å²) in [5.74, 6) is 2.96. The fourth-order valence-corrected chi connectivity index (χ4v) is 11.7. The monoisotopic (exact) mass is 1610 g/mol. The summed E-state index contributed by atoms with van der Waals surface area (Å²) in [6.07, 6.45) is 1.46. The zero-order valence-corrected chi connectivity index (χ0v) is 64.5. The summed E-state index contributed by atoms with van der Waals surface area (Å²) in [7, 11) is 0. The summed E-state index contributed by atoms with van der Waals surface area (Å²) >= 11 is 2.94. The minimum atomic E-state index is -0.977. The molecule has 110 heavy (non-hydrogen) atoms. The largest absolute Gasteiger partial charge is 0.466 e. The van der Waals surface area contributed by atoms with Crippen molar-refractivity contribution in [2.45, 2.75) is 88.0 Å². The number of carbonyl (C=O) groups excluding carboxylic acids is 7. The fourth-order valence-electron chi connectivity index (χ4n) is 11.6. The summed E-state index contributed by atoms with van der Waals surface area (Å²) < 4.78 is 117. The van der Waals surface area contributed by atoms with E-state index >= 15 is 0 Å². The molecule has 7 aliphatic rings. The summed E-state index contributed by atoms with van der Waals surface area (Å²) in [6, 6.07) is 22.6. The first-order valence-electron chi connectivity index (χ1n) is 36.3. The minimum Gasteiger partial charge on any atom is -0.466 e. The van der Waals surface area contributed by atoms with E-state index in [-0.39, 0.29) is 96.0 Å². The van der Waals surface area contributed by atoms with Crippen LogP contribution in [-0.2, 0) is 52.3 Å². The predicted octanol–water partition coefficient (Wildman–Crippen LogP) is 10.3. The molecule has 5 fully saturated rings. The van der Waals surface area contributed by atoms with Crippen LogP contribution in [-0.4, -0.2) is 203 Å². The van der Waals surface area contributed by atoms with Gasteiger partial charge < -0.3 is 58.1 Å². The van der Waals surface area contributed by atoms with Crippen LogP contribution in [0.2, 0.25) is 0 Å². The number of halogens is 7. The van der Waals surface area contributed by atoms with Crippen molar-refractivity contribution >= 4 is 91.2 Å². The highest BCUT2D eigenvalue weighted by Crippen LogP contribution is 2.29. The molecule has 2 amide bonds. The van der Waals surface area contributed by atoms with Crippen molar-refractivity contribution in [2.24, 2.45) is 39.6 Å². The molecule has 7 aliphatic heterocycles. The number of nitrogens with two attached hydrogens (primary N) is 2. The third kappa shape index (κ3) is 30.9. The second-order valence-corrected chi connectivity index (χ2v) is 25.7. The first-order chi connectivity index (χ1) is 52.5. The number of amides is 2. The van der Waals surface area contributed by atoms with Gasteiger partial charge in [0.25, 0.3) is 0 Å². The van der Waals surface area contributed by atoms with Crippen molar-refractivity contribution in [1.82, 2.24) is 16.2 Å². The quantitative estimate of drug-likeness (QED) is 0.0144. The van der Waals surface area contributed by atoms with Gasteiger partial charge in [0.05, 0.1) is 120 Å². The number of hydrogen-bond acceptors (Lipinski definition) is 23. The molecule has 0 radical (unpaired) electrons. The topological polar surface area (TPSA) is 310 Å². The van der Waals surface area contributed by atoms with Gasteiger partial charge in [0.1, 0.15) is 28.6 Å². The molecule has 0 bridgehead atoms. The predicted molar refractivity (Wildman–Crippen MR) is 414 cm³/mol. The molecular weight excluding hydrogens is 1510 g/mol. The average Bonchev–Trinajstić information content (AvgIpc) is 0.883. The number of nitrogens with zero attached hydrogens (tertiary/aromatic N) is 6. The van der Waals surface area contributed by atoms with E-state index in [4.69, 9.17) is 28.4 Å². The van der Waals surface area contributed by atoms with E-state index in [1.54, 1.807) is 71.0 Å². The third-order valence-electron chi connectivity index (χ3n) is 17.3. The summed E-state index contributed by atoms with van der Waals surface area (Å²) in [5.41, 5.74) is 11.0. The van der Waals surface area contributed by atoms with Crippen molar-refractivity contribution in [3.8, 4) is 0 Å². The number of esters is 2. The Bertz CT molecular complexity index is 3690. The number of hydrazone groups is 2. The normalized spacial score (nSPS) is 17.5. The summed E-state index contributed by atoms with van der Waals surface area (Å²) in [5, 5.41) is 11.6. The first kappa shape index (κ1) is 93.6. The van der Waals surface area contributed by atoms with Gasteiger partial charge in [0, 0.05) is 137 Å². The molecule has 2 unspecified atom stereocenters. The molecule has 0 aliphatic carbocycles. The zero-order chi connectivity index (χ0) is 79.8. The highest BCUT2D eigenvalue weighted by atomic mass is 79.9. The number of morpholine rings is 5. The number of hydrogen-bond donors (Lipinski definition) is 5. The maximum absolute atomic E-state index is 14.4. The lowest BCUT2D eigenvalue weighted by molar-refractivity contribution is -0.144. The number of nitrogens with one attached hydrogen (secondary N) is 3. The molecule has 0 aromatic heterocycles. The summed E-state index contributed by atoms with van der Waals surface area (Å²) in [4.78, 5) is 86.7. The molecule has 3 atom stereocenters. The van der Waals surface area contributed by atoms with Crippen molar-refractivity contribution in [1.29, 1.82) is 0 Å². The molecule has 5 aromatic carbocycles. The Balaban J connectivity index is 0.000000279. The smallest absolute Gasteiger partial charge is 0.316 e. The maximum Gasteiger partial charge on any atom is 0.316 e. The second-order valence-electron chi connectivity index (χ2n) is 25.1. The van der Waals surface area contributed by atoms with Gasteiger partial charge >= 0.3 is 11.9 Å². The first-order valence-corrected chi connectivity index (χ1v) is 37.4. The Labute approximate surface area is 648 Å². The minimum absolute atomic E-state index is 0. The molecular formula is C78H106BrF6N11O14. The van der Waals surface area contributed by atoms with Gasteiger partial charge in [-0.1, -0.05) is 70.1 Å². The van der Waals surface area contributed by atoms with Crippen LogP contribution in [0.15, 0.2) is 101 Å². The lowest BCUT2D eigenvalue weighted by atomic mass is 9.94. The number of Topliss-reactive ketones (excluding diaryl/α,β-unsaturated/α-hetero) is 3. The number of rotatable bonds is 17. The lowest BCUT2D eigenvalue weighted by Gasteiger charge is -2.29. The molecule has 7 heterocycles. The SMILES string of the molecule is C.C1COCCN1.CC1CC(=O)NN=C1c1ccc(N2CCOCC2)c(F)c1.CCC(=O)c1ccc(F)c(F)c1.CCC(=O)c1ccc(N2CCOCC2)c(F)c1.CCOC(=O)CBr.CCOC(=O)CC(C)C(=O)c1ccc(N2CCOCC2)c(F)c1.C[C@@H]1CC(=O)NN=C1c1ccc(N2CCOCC2)c(F)c1.NN. The van der Waals surface area contributed by atoms with Crippen LogP contribution >= 0.6 is 15.9 Å². The standard InChI is InChI=1S/C17H22FNO4.2C15H18FN3O2.C13H16FNO2.C9H8F2O.C4H7BrO2.C4H9NO.CH4.H4N2/c1-3-23-16(20)10-12(2)17(21)13-4-5-15(14(18)11-13)19-6-8-22-9-7-19;2*1-10-8-14(20)17-18-15(10)11-2-3-13(12(16)9-11)19-4-6-21-7-5-19;1-2-13(16)10-3-4-12(11(14)9-10)15-5-7-17-8-6-15;1-2-9(12)6-3-4-7(10)8(11)5-6;1-2-7-4(6)3-5;1-3-6-4-2-5-1;;1-2/h4-5,11-12H,3,6-10H2,1-2H3;2*2-3,9-10H,4-8H2,1H3,(H,17,20);3-4,9H,2,5-8H2,1H3;3-5H,2H2,1H3;2-3H2,1H3;5H,1-4H2;1H4;1-2H2/t;10-;;;;;;;/m.1......./s1. The molecule has 12 rings (SSSR count). The Morgan fingerprint density at radius 3 is 1.11 bits per heavy atom. The van der Waals surface area contributed by atoms with Crippen LogP contribution in [0.25, 0.3) is 0 Å². The van der Waals surface area contributed by atoms with Crippen LogP contribution in [0.1, 0.15) is 130 Å². The van der Waals surface area contributed by atoms with Gasteiger partial charge in [0.2, 0.25) is 11.8 Å². The molecule has 0 saturated carbocycles. The van der Waals surface area contributed by atoms with Crippen molar-refractivity contribution < 1.29 is 93.1 Å². The molecule has 25 nitrogen and oxygen atoms in total. The number of anilines is 4. The maximum atomic E-state index is 14.4. The fraction of sp³-hybridized carbons (Fsp3) is 0.500. The highest BCUT2D eigenvalue weighted by molar-refractivity contribution is 9.09. The Kier molecular flexibility index (Phi) is 43.4. The third-order valence-corrected chi connectivity index (χ3v) is 17.7. The summed E-state index contributed by atoms with van der Waals surface area (Å²) in [6.45, 7) is 27.3. The lowest BCUT2D eigenvalue weighted by Crippen LogP contribution is -2.37. The van der Waals surface area contributed by atoms with E-state index in [0.29, 0.717) is 171 Å². The number of alkyl halides is 1. The molecule has 32 heteroatoms. The number of carbonyl (C=O) groups is 7. The number of hydrazine groups is 1. The van der Waals surface area contributed by atoms with E-state index in [1.165, 1.54) is 30.3 Å². The number of benzene rings is 5. The van der Waals surface area contributed by atoms with E-state index in [2.05, 4.69) is 58.7 Å². The van der Waals surface area contributed by atoms with Crippen LogP contribution in [0.5, 0.6) is 0 Å². The highest BCUT2D eigenvalue weighted by Gasteiger charge is 2.27. The van der Waals surface area contributed by atoms with Crippen LogP contribution in [0.3, 0.4) is 0 Å². The van der Waals surface area contributed by atoms with Crippen molar-refractivity contribution in [3.05, 3.63) is 154 Å². The van der Waals surface area contributed by atoms with Gasteiger partial charge in [-0.25, -0.2) is 37.2 Å². The van der Waals surface area contributed by atoms with Crippen LogP contribution in [0, 0.1) is 52.7 Å². The van der Waals surface area contributed by atoms with Crippen molar-refractivity contribution in [3.63, 3.8) is 0 Å². The number of ether oxygens (including phenoxy) is 7. The van der Waals surface area contributed by atoms with Gasteiger partial charge in [-0.15, -0.1) is 0 Å². The Morgan fingerprint density at radius 2 is 0.809 bits per heavy atom. The molecule has 606 valence electrons. The van der Waals surface area contributed by atoms with E-state index in [0.717, 1.165) is 61.0 Å². The Morgan fingerprint density at radius 1 is 0.482 bits per heavy atom. The van der Waals surface area contributed by atoms with Gasteiger partial charge in [-0.2, -0.15) is 10.2 Å². The van der Waals surface area contributed by atoms with E-state index < -0.39 is 29.3 Å². The van der Waals surface area contributed by atoms with E-state index in [1.807, 2.05) is 45.6 Å². The van der Waals surface area contributed by atoms with Crippen molar-refractivity contribution in [2.75, 3.05) is 170 Å². The van der Waals surface area contributed by atoms with Crippen LogP contribution < -0.4 is 47.5 Å². The van der Waals surface area contributed by atoms with E-state index in [9.17, 15) is 59.9 Å². The molecule has 5 saturated heterocycles. The van der Waals surface area contributed by atoms with Crippen LogP contribution in [0.4, 0.5) is 49.1 Å². The molecule has 7 N–H and O–H groups in total. The second kappa shape index (κ2) is 50.9. The van der Waals surface area contributed by atoms with Gasteiger partial charge in [-0.3, -0.25) is 45.2 Å². The average molecular weight is 1620 g/mol. The zero-order valence-electron chi connectivity index (χ0n) is 62.9. The Hall–Kier alpha value is -8.73. The molecule has 0 spiro atoms. The van der Waals surface area contributed by atoms with Gasteiger partial charge in [0.15, 0.2) is 29.0 Å².